The van der Waals surface area contributed by atoms with E-state index in [2.05, 4.69) is 15.2 Å². The molecule has 0 aliphatic rings. The lowest BCUT2D eigenvalue weighted by Gasteiger charge is -2.09. The van der Waals surface area contributed by atoms with E-state index in [0.717, 1.165) is 11.6 Å². The first-order valence-corrected chi connectivity index (χ1v) is 8.08. The Morgan fingerprint density at radius 1 is 1.00 bits per heavy atom. The molecule has 4 rings (SSSR count). The van der Waals surface area contributed by atoms with Crippen LogP contribution in [0.5, 0.6) is 0 Å². The van der Waals surface area contributed by atoms with Gasteiger partial charge >= 0.3 is 6.43 Å². The zero-order valence-electron chi connectivity index (χ0n) is 13.9. The average Bonchev–Trinajstić information content (AvgIpc) is 3.32. The van der Waals surface area contributed by atoms with E-state index >= 15 is 0 Å². The van der Waals surface area contributed by atoms with Crippen LogP contribution in [0.4, 0.5) is 13.2 Å². The minimum absolute atomic E-state index is 0.174. The first-order valence-electron chi connectivity index (χ1n) is 8.08. The lowest BCUT2D eigenvalue weighted by Crippen LogP contribution is -2.01. The van der Waals surface area contributed by atoms with E-state index in [-0.39, 0.29) is 11.5 Å². The maximum absolute atomic E-state index is 14.2. The Hall–Kier alpha value is -3.42. The van der Waals surface area contributed by atoms with Crippen molar-refractivity contribution in [3.05, 3.63) is 78.2 Å². The summed E-state index contributed by atoms with van der Waals surface area (Å²) in [4.78, 5) is 4.30. The Bertz CT molecular complexity index is 1060. The molecular weight excluding hydrogens is 357 g/mol. The van der Waals surface area contributed by atoms with Crippen LogP contribution < -0.4 is 0 Å². The van der Waals surface area contributed by atoms with E-state index < -0.39 is 18.1 Å². The van der Waals surface area contributed by atoms with Gasteiger partial charge in [0, 0.05) is 30.1 Å². The van der Waals surface area contributed by atoms with Crippen LogP contribution in [-0.2, 0) is 6.54 Å². The Balaban J connectivity index is 1.71. The predicted molar refractivity (Wildman–Crippen MR) is 91.4 cm³/mol. The normalized spacial score (nSPS) is 11.3. The van der Waals surface area contributed by atoms with Crippen molar-refractivity contribution >= 4 is 0 Å². The van der Waals surface area contributed by atoms with Crippen LogP contribution in [0.25, 0.3) is 22.8 Å². The fourth-order valence-electron chi connectivity index (χ4n) is 2.76. The number of hydrogen-bond donors (Lipinski definition) is 0. The lowest BCUT2D eigenvalue weighted by molar-refractivity contribution is 0.116. The molecule has 0 bridgehead atoms. The highest BCUT2D eigenvalue weighted by atomic mass is 19.3. The maximum atomic E-state index is 14.2. The van der Waals surface area contributed by atoms with Crippen molar-refractivity contribution in [3.63, 3.8) is 0 Å². The van der Waals surface area contributed by atoms with E-state index in [4.69, 9.17) is 4.42 Å². The van der Waals surface area contributed by atoms with Gasteiger partial charge in [-0.2, -0.15) is 8.78 Å². The number of imidazole rings is 1. The molecule has 4 aromatic rings. The third-order valence-corrected chi connectivity index (χ3v) is 3.94. The van der Waals surface area contributed by atoms with Crippen LogP contribution in [-0.4, -0.2) is 19.7 Å². The van der Waals surface area contributed by atoms with Crippen LogP contribution >= 0.6 is 0 Å². The van der Waals surface area contributed by atoms with Gasteiger partial charge in [-0.3, -0.25) is 0 Å². The molecule has 0 unspecified atom stereocenters. The Morgan fingerprint density at radius 3 is 2.52 bits per heavy atom. The third kappa shape index (κ3) is 3.59. The summed E-state index contributed by atoms with van der Waals surface area (Å²) < 4.78 is 46.2. The summed E-state index contributed by atoms with van der Waals surface area (Å²) in [6, 6.07) is 13.8. The van der Waals surface area contributed by atoms with E-state index in [9.17, 15) is 13.2 Å². The molecule has 0 radical (unpaired) electrons. The van der Waals surface area contributed by atoms with Gasteiger partial charge < -0.3 is 8.98 Å². The summed E-state index contributed by atoms with van der Waals surface area (Å²) in [6.07, 6.45) is 0.517. The van der Waals surface area contributed by atoms with Gasteiger partial charge in [-0.15, -0.1) is 10.2 Å². The van der Waals surface area contributed by atoms with E-state index in [1.807, 2.05) is 34.9 Å². The number of nitrogens with zero attached hydrogens (tertiary/aromatic N) is 4. The van der Waals surface area contributed by atoms with Crippen molar-refractivity contribution in [3.8, 4) is 22.8 Å². The van der Waals surface area contributed by atoms with Gasteiger partial charge in [-0.25, -0.2) is 9.37 Å². The van der Waals surface area contributed by atoms with E-state index in [0.29, 0.717) is 17.9 Å². The Labute approximate surface area is 152 Å². The molecule has 2 aromatic heterocycles. The topological polar surface area (TPSA) is 56.7 Å². The molecule has 0 saturated carbocycles. The largest absolute Gasteiger partial charge is 0.415 e. The quantitative estimate of drug-likeness (QED) is 0.510. The molecule has 0 atom stereocenters. The highest BCUT2D eigenvalue weighted by molar-refractivity contribution is 5.65. The van der Waals surface area contributed by atoms with Gasteiger partial charge in [0.25, 0.3) is 5.89 Å². The molecule has 0 amide bonds. The van der Waals surface area contributed by atoms with Gasteiger partial charge in [0.15, 0.2) is 0 Å². The second-order valence-corrected chi connectivity index (χ2v) is 5.84. The smallest absolute Gasteiger partial charge is 0.314 e. The molecule has 136 valence electrons. The van der Waals surface area contributed by atoms with Gasteiger partial charge in [-0.1, -0.05) is 30.3 Å². The molecule has 0 spiro atoms. The summed E-state index contributed by atoms with van der Waals surface area (Å²) >= 11 is 0. The number of halogens is 3. The second-order valence-electron chi connectivity index (χ2n) is 5.84. The van der Waals surface area contributed by atoms with Crippen LogP contribution in [0.3, 0.4) is 0 Å². The Morgan fingerprint density at radius 2 is 1.78 bits per heavy atom. The molecule has 0 fully saturated rings. The maximum Gasteiger partial charge on any atom is 0.314 e. The monoisotopic (exact) mass is 370 g/mol. The minimum Gasteiger partial charge on any atom is -0.415 e. The standard InChI is InChI=1S/C19H13F3N4O/c20-15-9-13(8-14(10-15)18-24-25-19(27-18)16(21)22)17-23-6-7-26(17)11-12-4-2-1-3-5-12/h1-10,16H,11H2. The van der Waals surface area contributed by atoms with E-state index in [1.54, 1.807) is 18.5 Å². The number of alkyl halides is 2. The fraction of sp³-hybridized carbons (Fsp3) is 0.105. The summed E-state index contributed by atoms with van der Waals surface area (Å²) in [6.45, 7) is 0.554. The zero-order valence-corrected chi connectivity index (χ0v) is 13.9. The zero-order chi connectivity index (χ0) is 18.8. The van der Waals surface area contributed by atoms with Crippen molar-refractivity contribution in [1.82, 2.24) is 19.7 Å². The molecule has 2 heterocycles. The summed E-state index contributed by atoms with van der Waals surface area (Å²) in [5, 5.41) is 6.85. The highest BCUT2D eigenvalue weighted by Gasteiger charge is 2.18. The minimum atomic E-state index is -2.89. The number of hydrogen-bond acceptors (Lipinski definition) is 4. The molecule has 8 heteroatoms. The van der Waals surface area contributed by atoms with Crippen molar-refractivity contribution in [2.75, 3.05) is 0 Å². The summed E-state index contributed by atoms with van der Waals surface area (Å²) in [5.41, 5.74) is 1.74. The predicted octanol–water partition coefficient (Wildman–Crippen LogP) is 4.73. The van der Waals surface area contributed by atoms with Crippen LogP contribution in [0.2, 0.25) is 0 Å². The molecular formula is C19H13F3N4O. The highest BCUT2D eigenvalue weighted by Crippen LogP contribution is 2.28. The summed E-state index contributed by atoms with van der Waals surface area (Å²) in [7, 11) is 0. The van der Waals surface area contributed by atoms with Crippen LogP contribution in [0.1, 0.15) is 17.9 Å². The molecule has 27 heavy (non-hydrogen) atoms. The lowest BCUT2D eigenvalue weighted by atomic mass is 10.1. The van der Waals surface area contributed by atoms with Gasteiger partial charge in [0.1, 0.15) is 11.6 Å². The molecule has 0 N–H and O–H groups in total. The van der Waals surface area contributed by atoms with Gasteiger partial charge in [0.2, 0.25) is 5.89 Å². The number of benzene rings is 2. The van der Waals surface area contributed by atoms with Crippen molar-refractivity contribution in [2.24, 2.45) is 0 Å². The SMILES string of the molecule is Fc1cc(-c2nnc(C(F)F)o2)cc(-c2nccn2Cc2ccccc2)c1. The van der Waals surface area contributed by atoms with Crippen molar-refractivity contribution in [2.45, 2.75) is 13.0 Å². The van der Waals surface area contributed by atoms with Crippen molar-refractivity contribution in [1.29, 1.82) is 0 Å². The number of rotatable bonds is 5. The van der Waals surface area contributed by atoms with Gasteiger partial charge in [0.05, 0.1) is 0 Å². The first kappa shape index (κ1) is 17.0. The second kappa shape index (κ2) is 7.06. The third-order valence-electron chi connectivity index (χ3n) is 3.94. The average molecular weight is 370 g/mol. The van der Waals surface area contributed by atoms with Gasteiger partial charge in [-0.05, 0) is 23.8 Å². The van der Waals surface area contributed by atoms with Crippen molar-refractivity contribution < 1.29 is 17.6 Å². The first-order chi connectivity index (χ1) is 13.1. The molecule has 0 saturated heterocycles. The fourth-order valence-corrected chi connectivity index (χ4v) is 2.76. The molecule has 2 aromatic carbocycles. The molecule has 5 nitrogen and oxygen atoms in total. The number of aromatic nitrogens is 4. The van der Waals surface area contributed by atoms with Crippen LogP contribution in [0.15, 0.2) is 65.3 Å². The van der Waals surface area contributed by atoms with Crippen LogP contribution in [0, 0.1) is 5.82 Å². The molecule has 0 aliphatic heterocycles. The molecule has 0 aliphatic carbocycles. The summed E-state index contributed by atoms with van der Waals surface area (Å²) in [5.74, 6) is -1.00. The Kier molecular flexibility index (Phi) is 4.45. The van der Waals surface area contributed by atoms with E-state index in [1.165, 1.54) is 6.07 Å².